The van der Waals surface area contributed by atoms with Gasteiger partial charge in [-0.25, -0.2) is 0 Å². The van der Waals surface area contributed by atoms with Gasteiger partial charge in [0, 0.05) is 21.9 Å². The Balaban J connectivity index is 2.58. The van der Waals surface area contributed by atoms with Crippen LogP contribution in [-0.2, 0) is 10.1 Å². The summed E-state index contributed by atoms with van der Waals surface area (Å²) in [6.07, 6.45) is 0. The van der Waals surface area contributed by atoms with Gasteiger partial charge in [-0.05, 0) is 12.1 Å². The Morgan fingerprint density at radius 1 is 1.10 bits per heavy atom. The maximum atomic E-state index is 11.8. The molecule has 7 nitrogen and oxygen atoms in total. The molecule has 0 saturated carbocycles. The molecule has 0 aliphatic carbocycles. The number of carbonyl (C=O) groups is 2. The van der Waals surface area contributed by atoms with Crippen molar-refractivity contribution in [1.82, 2.24) is 5.32 Å². The average molecular weight is 292 g/mol. The number of hydrogen-bond donors (Lipinski definition) is 3. The zero-order valence-electron chi connectivity index (χ0n) is 9.88. The Bertz CT molecular complexity index is 902. The van der Waals surface area contributed by atoms with E-state index < -0.39 is 26.8 Å². The van der Waals surface area contributed by atoms with E-state index in [1.165, 1.54) is 18.2 Å². The van der Waals surface area contributed by atoms with Gasteiger partial charge in [0.25, 0.3) is 21.9 Å². The lowest BCUT2D eigenvalue weighted by Gasteiger charge is -2.18. The number of carbonyl (C=O) groups excluding carboxylic acids is 2. The molecule has 1 aliphatic rings. The third-order valence-corrected chi connectivity index (χ3v) is 4.05. The van der Waals surface area contributed by atoms with Crippen LogP contribution in [0, 0.1) is 0 Å². The van der Waals surface area contributed by atoms with E-state index in [1.54, 1.807) is 0 Å². The molecule has 8 heteroatoms. The molecule has 0 fully saturated rings. The van der Waals surface area contributed by atoms with Crippen LogP contribution in [0.5, 0.6) is 0 Å². The van der Waals surface area contributed by atoms with E-state index in [-0.39, 0.29) is 27.6 Å². The first-order valence-electron chi connectivity index (χ1n) is 5.49. The monoisotopic (exact) mass is 292 g/mol. The molecular weight excluding hydrogens is 284 g/mol. The Labute approximate surface area is 113 Å². The normalized spacial score (nSPS) is 14.4. The van der Waals surface area contributed by atoms with Crippen molar-refractivity contribution in [2.24, 2.45) is 0 Å². The molecule has 20 heavy (non-hydrogen) atoms. The lowest BCUT2D eigenvalue weighted by atomic mass is 9.94. The second-order valence-corrected chi connectivity index (χ2v) is 5.71. The molecule has 2 aromatic rings. The molecule has 2 aromatic carbocycles. The first kappa shape index (κ1) is 12.6. The van der Waals surface area contributed by atoms with Crippen LogP contribution < -0.4 is 11.1 Å². The number of imide groups is 1. The summed E-state index contributed by atoms with van der Waals surface area (Å²) in [5, 5.41) is 2.61. The minimum Gasteiger partial charge on any atom is -0.397 e. The van der Waals surface area contributed by atoms with E-state index in [9.17, 15) is 18.0 Å². The van der Waals surface area contributed by atoms with Crippen LogP contribution >= 0.6 is 0 Å². The van der Waals surface area contributed by atoms with Crippen LogP contribution in [0.1, 0.15) is 20.7 Å². The van der Waals surface area contributed by atoms with Crippen LogP contribution in [0.2, 0.25) is 0 Å². The zero-order chi connectivity index (χ0) is 14.7. The molecule has 0 spiro atoms. The second-order valence-electron chi connectivity index (χ2n) is 4.32. The lowest BCUT2D eigenvalue weighted by molar-refractivity contribution is 0.0845. The zero-order valence-corrected chi connectivity index (χ0v) is 10.7. The van der Waals surface area contributed by atoms with Gasteiger partial charge in [-0.1, -0.05) is 12.1 Å². The van der Waals surface area contributed by atoms with Crippen molar-refractivity contribution in [2.75, 3.05) is 5.73 Å². The van der Waals surface area contributed by atoms with Gasteiger partial charge < -0.3 is 5.73 Å². The average Bonchev–Trinajstić information content (AvgIpc) is 2.35. The van der Waals surface area contributed by atoms with Crippen LogP contribution in [0.4, 0.5) is 5.69 Å². The Morgan fingerprint density at radius 3 is 2.40 bits per heavy atom. The van der Waals surface area contributed by atoms with Gasteiger partial charge in [0.15, 0.2) is 0 Å². The van der Waals surface area contributed by atoms with E-state index >= 15 is 0 Å². The third-order valence-electron chi connectivity index (χ3n) is 3.16. The predicted octanol–water partition coefficient (Wildman–Crippen LogP) is 0.552. The van der Waals surface area contributed by atoms with Crippen molar-refractivity contribution in [3.05, 3.63) is 35.4 Å². The number of nitrogen functional groups attached to an aromatic ring is 1. The number of hydrogen-bond acceptors (Lipinski definition) is 5. The summed E-state index contributed by atoms with van der Waals surface area (Å²) in [6.45, 7) is 0. The van der Waals surface area contributed by atoms with Gasteiger partial charge in [-0.3, -0.25) is 19.5 Å². The fourth-order valence-electron chi connectivity index (χ4n) is 2.30. The Kier molecular flexibility index (Phi) is 2.38. The van der Waals surface area contributed by atoms with Gasteiger partial charge in [0.2, 0.25) is 0 Å². The molecule has 0 unspecified atom stereocenters. The highest BCUT2D eigenvalue weighted by Gasteiger charge is 2.29. The molecule has 0 saturated heterocycles. The van der Waals surface area contributed by atoms with Gasteiger partial charge >= 0.3 is 0 Å². The summed E-state index contributed by atoms with van der Waals surface area (Å²) in [6, 6.07) is 5.47. The van der Waals surface area contributed by atoms with E-state index in [4.69, 9.17) is 10.3 Å². The molecule has 1 heterocycles. The summed E-state index contributed by atoms with van der Waals surface area (Å²) in [5.41, 5.74) is 5.74. The molecule has 0 bridgehead atoms. The second kappa shape index (κ2) is 3.78. The highest BCUT2D eigenvalue weighted by atomic mass is 32.2. The number of nitrogens with one attached hydrogen (secondary N) is 1. The molecule has 1 aliphatic heterocycles. The molecule has 102 valence electrons. The summed E-state index contributed by atoms with van der Waals surface area (Å²) >= 11 is 0. The van der Waals surface area contributed by atoms with Crippen LogP contribution in [-0.4, -0.2) is 24.8 Å². The minimum absolute atomic E-state index is 0.0166. The van der Waals surface area contributed by atoms with Crippen molar-refractivity contribution in [1.29, 1.82) is 0 Å². The van der Waals surface area contributed by atoms with E-state index in [1.807, 2.05) is 0 Å². The molecular formula is C12H8N2O5S. The van der Waals surface area contributed by atoms with E-state index in [0.29, 0.717) is 0 Å². The molecule has 2 amide bonds. The molecule has 0 radical (unpaired) electrons. The van der Waals surface area contributed by atoms with E-state index in [2.05, 4.69) is 5.32 Å². The highest BCUT2D eigenvalue weighted by molar-refractivity contribution is 7.86. The predicted molar refractivity (Wildman–Crippen MR) is 70.0 cm³/mol. The lowest BCUT2D eigenvalue weighted by Crippen LogP contribution is -2.35. The summed E-state index contributed by atoms with van der Waals surface area (Å²) in [7, 11) is -4.57. The van der Waals surface area contributed by atoms with Crippen LogP contribution in [0.25, 0.3) is 10.8 Å². The number of nitrogens with two attached hydrogens (primary N) is 1. The van der Waals surface area contributed by atoms with Crippen LogP contribution in [0.3, 0.4) is 0 Å². The third kappa shape index (κ3) is 1.59. The molecule has 0 atom stereocenters. The smallest absolute Gasteiger partial charge is 0.296 e. The maximum absolute atomic E-state index is 11.8. The van der Waals surface area contributed by atoms with Crippen molar-refractivity contribution >= 4 is 38.4 Å². The standard InChI is InChI=1S/C12H8N2O5S/c13-10-5-2-1-3-6-9(5)7(12(16)14-11(6)15)4-8(10)20(17,18)19/h1-4H,13H2,(H,14,15,16)(H,17,18,19). The summed E-state index contributed by atoms with van der Waals surface area (Å²) < 4.78 is 31.8. The van der Waals surface area contributed by atoms with Gasteiger partial charge in [-0.2, -0.15) is 8.42 Å². The van der Waals surface area contributed by atoms with Crippen molar-refractivity contribution in [2.45, 2.75) is 4.90 Å². The van der Waals surface area contributed by atoms with Gasteiger partial charge in [0.1, 0.15) is 4.90 Å². The Hall–Kier alpha value is -2.45. The number of amides is 2. The maximum Gasteiger partial charge on any atom is 0.296 e. The fourth-order valence-corrected chi connectivity index (χ4v) is 2.95. The molecule has 3 rings (SSSR count). The number of rotatable bonds is 1. The van der Waals surface area contributed by atoms with Gasteiger partial charge in [-0.15, -0.1) is 0 Å². The first-order chi connectivity index (χ1) is 9.30. The Morgan fingerprint density at radius 2 is 1.75 bits per heavy atom. The van der Waals surface area contributed by atoms with Crippen molar-refractivity contribution in [3.63, 3.8) is 0 Å². The summed E-state index contributed by atoms with van der Waals surface area (Å²) in [4.78, 5) is 23.0. The highest BCUT2D eigenvalue weighted by Crippen LogP contribution is 2.34. The van der Waals surface area contributed by atoms with Crippen molar-refractivity contribution in [3.8, 4) is 0 Å². The summed E-state index contributed by atoms with van der Waals surface area (Å²) in [5.74, 6) is -1.31. The number of benzene rings is 2. The topological polar surface area (TPSA) is 127 Å². The number of anilines is 1. The molecule has 0 aromatic heterocycles. The largest absolute Gasteiger partial charge is 0.397 e. The fraction of sp³-hybridized carbons (Fsp3) is 0. The van der Waals surface area contributed by atoms with Crippen molar-refractivity contribution < 1.29 is 22.6 Å². The first-order valence-corrected chi connectivity index (χ1v) is 6.93. The van der Waals surface area contributed by atoms with E-state index in [0.717, 1.165) is 6.07 Å². The van der Waals surface area contributed by atoms with Crippen LogP contribution in [0.15, 0.2) is 29.2 Å². The molecule has 4 N–H and O–H groups in total. The van der Waals surface area contributed by atoms with Gasteiger partial charge in [0.05, 0.1) is 5.69 Å². The SMILES string of the molecule is Nc1c(S(=O)(=O)O)cc2c3c(cccc13)C(=O)NC2=O. The minimum atomic E-state index is -4.57. The quantitative estimate of drug-likeness (QED) is 0.400.